The van der Waals surface area contributed by atoms with Crippen LogP contribution in [0.1, 0.15) is 77.3 Å². The summed E-state index contributed by atoms with van der Waals surface area (Å²) in [7, 11) is 0. The first-order valence-corrected chi connectivity index (χ1v) is 14.8. The molecule has 2 aromatic carbocycles. The van der Waals surface area contributed by atoms with E-state index in [2.05, 4.69) is 37.5 Å². The van der Waals surface area contributed by atoms with E-state index < -0.39 is 6.04 Å². The Bertz CT molecular complexity index is 1060. The van der Waals surface area contributed by atoms with Gasteiger partial charge in [0, 0.05) is 12.5 Å². The molecule has 0 saturated heterocycles. The molecular weight excluding hydrogens is 491 g/mol. The lowest BCUT2D eigenvalue weighted by Crippen LogP contribution is -2.49. The molecule has 0 saturated carbocycles. The molecule has 0 aliphatic carbocycles. The van der Waals surface area contributed by atoms with Gasteiger partial charge >= 0.3 is 0 Å². The van der Waals surface area contributed by atoms with E-state index >= 15 is 0 Å². The quantitative estimate of drug-likeness (QED) is 0.457. The first-order valence-electron chi connectivity index (χ1n) is 14.8. The van der Waals surface area contributed by atoms with E-state index in [4.69, 9.17) is 4.74 Å². The van der Waals surface area contributed by atoms with Gasteiger partial charge in [-0.25, -0.2) is 4.39 Å². The number of hydrogen-bond acceptors (Lipinski definition) is 3. The molecule has 39 heavy (non-hydrogen) atoms. The third kappa shape index (κ3) is 9.98. The molecule has 3 rings (SSSR count). The number of carbonyl (C=O) groups excluding carboxylic acids is 2. The average Bonchev–Trinajstić information content (AvgIpc) is 2.89. The van der Waals surface area contributed by atoms with Gasteiger partial charge < -0.3 is 15.4 Å². The lowest BCUT2D eigenvalue weighted by atomic mass is 9.82. The summed E-state index contributed by atoms with van der Waals surface area (Å²) >= 11 is 0. The molecule has 1 aliphatic heterocycles. The van der Waals surface area contributed by atoms with Crippen molar-refractivity contribution in [2.45, 2.75) is 85.1 Å². The molecule has 2 aromatic rings. The molecule has 1 aliphatic rings. The number of halogens is 1. The topological polar surface area (TPSA) is 67.4 Å². The van der Waals surface area contributed by atoms with Crippen LogP contribution in [0.4, 0.5) is 4.39 Å². The van der Waals surface area contributed by atoms with Crippen molar-refractivity contribution in [2.75, 3.05) is 13.2 Å². The van der Waals surface area contributed by atoms with Crippen molar-refractivity contribution < 1.29 is 18.7 Å². The molecule has 214 valence electrons. The van der Waals surface area contributed by atoms with Gasteiger partial charge in [-0.1, -0.05) is 64.4 Å². The van der Waals surface area contributed by atoms with Crippen molar-refractivity contribution in [2.24, 2.45) is 23.7 Å². The Labute approximate surface area is 234 Å². The summed E-state index contributed by atoms with van der Waals surface area (Å²) in [6.45, 7) is 9.52. The predicted octanol–water partition coefficient (Wildman–Crippen LogP) is 6.49. The molecule has 2 N–H and O–H groups in total. The fraction of sp³-hybridized carbons (Fsp3) is 0.576. The third-order valence-electron chi connectivity index (χ3n) is 7.80. The van der Waals surface area contributed by atoms with Gasteiger partial charge in [-0.05, 0) is 92.0 Å². The van der Waals surface area contributed by atoms with Crippen molar-refractivity contribution in [3.05, 3.63) is 65.5 Å². The number of rotatable bonds is 5. The molecule has 0 radical (unpaired) electrons. The van der Waals surface area contributed by atoms with Crippen LogP contribution in [0.25, 0.3) is 0 Å². The molecule has 0 bridgehead atoms. The zero-order valence-corrected chi connectivity index (χ0v) is 24.2. The van der Waals surface area contributed by atoms with E-state index in [1.54, 1.807) is 12.1 Å². The summed E-state index contributed by atoms with van der Waals surface area (Å²) in [5, 5.41) is 6.12. The molecule has 0 spiro atoms. The number of aryl methyl sites for hydroxylation is 1. The highest BCUT2D eigenvalue weighted by atomic mass is 19.1. The van der Waals surface area contributed by atoms with Gasteiger partial charge in [-0.15, -0.1) is 0 Å². The van der Waals surface area contributed by atoms with Crippen LogP contribution in [0, 0.1) is 29.5 Å². The van der Waals surface area contributed by atoms with Gasteiger partial charge in [0.25, 0.3) is 0 Å². The molecule has 1 unspecified atom stereocenters. The highest BCUT2D eigenvalue weighted by Gasteiger charge is 2.28. The first kappa shape index (κ1) is 30.6. The van der Waals surface area contributed by atoms with E-state index in [1.807, 2.05) is 31.2 Å². The summed E-state index contributed by atoms with van der Waals surface area (Å²) in [6, 6.07) is 14.4. The number of fused-ring (bicyclic) bond motifs is 1. The predicted molar refractivity (Wildman–Crippen MR) is 155 cm³/mol. The number of benzene rings is 2. The molecule has 6 heteroatoms. The molecule has 2 amide bonds. The van der Waals surface area contributed by atoms with Crippen LogP contribution in [-0.4, -0.2) is 31.0 Å². The number of hydrogen-bond donors (Lipinski definition) is 2. The zero-order valence-electron chi connectivity index (χ0n) is 24.2. The van der Waals surface area contributed by atoms with Gasteiger partial charge in [0.2, 0.25) is 11.8 Å². The maximum atomic E-state index is 14.0. The summed E-state index contributed by atoms with van der Waals surface area (Å²) in [4.78, 5) is 26.4. The normalized spacial score (nSPS) is 24.1. The van der Waals surface area contributed by atoms with Gasteiger partial charge in [0.15, 0.2) is 0 Å². The first-order chi connectivity index (χ1) is 18.8. The standard InChI is InChI=1S/C33H47FN2O3/c1-5-10-30-33(38)35-18-9-13-27-12-6-7-15-31(27)39-22-24(4)19-26(20-25-11-8-14-28(34)21-25)16-17-29(23(2)3)32(37)36-30/h6-8,11-12,14-15,21,23-24,26,29-30H,5,9-10,13,16-20,22H2,1-4H3,(H,35,38)(H,36,37)/t24?,26-,29-,30+/m1/s1. The highest BCUT2D eigenvalue weighted by Crippen LogP contribution is 2.29. The molecular formula is C33H47FN2O3. The van der Waals surface area contributed by atoms with Crippen LogP contribution in [0.15, 0.2) is 48.5 Å². The van der Waals surface area contributed by atoms with Crippen molar-refractivity contribution in [3.8, 4) is 5.75 Å². The van der Waals surface area contributed by atoms with E-state index in [-0.39, 0.29) is 35.4 Å². The van der Waals surface area contributed by atoms with Gasteiger partial charge in [0.05, 0.1) is 6.61 Å². The lowest BCUT2D eigenvalue weighted by Gasteiger charge is -2.27. The van der Waals surface area contributed by atoms with E-state index in [9.17, 15) is 14.0 Å². The van der Waals surface area contributed by atoms with Crippen LogP contribution < -0.4 is 15.4 Å². The minimum Gasteiger partial charge on any atom is -0.493 e. The Morgan fingerprint density at radius 3 is 2.59 bits per heavy atom. The Morgan fingerprint density at radius 1 is 1.05 bits per heavy atom. The smallest absolute Gasteiger partial charge is 0.242 e. The fourth-order valence-corrected chi connectivity index (χ4v) is 5.65. The van der Waals surface area contributed by atoms with E-state index in [1.165, 1.54) is 6.07 Å². The van der Waals surface area contributed by atoms with Crippen LogP contribution >= 0.6 is 0 Å². The Balaban J connectivity index is 1.84. The molecule has 1 heterocycles. The Morgan fingerprint density at radius 2 is 1.85 bits per heavy atom. The minimum absolute atomic E-state index is 0.0467. The summed E-state index contributed by atoms with van der Waals surface area (Å²) in [6.07, 6.45) is 6.25. The van der Waals surface area contributed by atoms with Gasteiger partial charge in [-0.3, -0.25) is 9.59 Å². The zero-order chi connectivity index (χ0) is 28.2. The summed E-state index contributed by atoms with van der Waals surface area (Å²) in [5.41, 5.74) is 2.11. The largest absolute Gasteiger partial charge is 0.493 e. The van der Waals surface area contributed by atoms with Crippen molar-refractivity contribution in [3.63, 3.8) is 0 Å². The minimum atomic E-state index is -0.527. The van der Waals surface area contributed by atoms with Gasteiger partial charge in [0.1, 0.15) is 17.6 Å². The summed E-state index contributed by atoms with van der Waals surface area (Å²) in [5.74, 6) is 1.05. The van der Waals surface area contributed by atoms with Crippen LogP contribution in [0.3, 0.4) is 0 Å². The van der Waals surface area contributed by atoms with Crippen LogP contribution in [-0.2, 0) is 22.4 Å². The van der Waals surface area contributed by atoms with Crippen LogP contribution in [0.5, 0.6) is 5.75 Å². The molecule has 0 aromatic heterocycles. The molecule has 5 nitrogen and oxygen atoms in total. The maximum absolute atomic E-state index is 14.0. The maximum Gasteiger partial charge on any atom is 0.242 e. The van der Waals surface area contributed by atoms with Crippen molar-refractivity contribution in [1.29, 1.82) is 0 Å². The number of carbonyl (C=O) groups is 2. The SMILES string of the molecule is CCC[C@@H]1NC(=O)[C@@H](C(C)C)CC[C@@H](Cc2cccc(F)c2)CC(C)COc2ccccc2CCCNC1=O. The Hall–Kier alpha value is -2.89. The van der Waals surface area contributed by atoms with E-state index in [0.29, 0.717) is 25.5 Å². The number of nitrogens with one attached hydrogen (secondary N) is 2. The Kier molecular flexibility index (Phi) is 12.3. The molecule has 4 atom stereocenters. The third-order valence-corrected chi connectivity index (χ3v) is 7.80. The second-order valence-corrected chi connectivity index (χ2v) is 11.6. The fourth-order valence-electron chi connectivity index (χ4n) is 5.65. The highest BCUT2D eigenvalue weighted by molar-refractivity contribution is 5.88. The number of para-hydroxylation sites is 1. The summed E-state index contributed by atoms with van der Waals surface area (Å²) < 4.78 is 20.3. The van der Waals surface area contributed by atoms with Gasteiger partial charge in [-0.2, -0.15) is 0 Å². The van der Waals surface area contributed by atoms with Crippen molar-refractivity contribution >= 4 is 11.8 Å². The van der Waals surface area contributed by atoms with E-state index in [0.717, 1.165) is 61.8 Å². The monoisotopic (exact) mass is 538 g/mol. The van der Waals surface area contributed by atoms with Crippen LogP contribution in [0.2, 0.25) is 0 Å². The lowest BCUT2D eigenvalue weighted by molar-refractivity contribution is -0.132. The second-order valence-electron chi connectivity index (χ2n) is 11.6. The number of ether oxygens (including phenoxy) is 1. The number of amides is 2. The second kappa shape index (κ2) is 15.6. The van der Waals surface area contributed by atoms with Crippen molar-refractivity contribution in [1.82, 2.24) is 10.6 Å². The average molecular weight is 539 g/mol. The molecule has 0 fully saturated rings.